The van der Waals surface area contributed by atoms with Crippen molar-refractivity contribution in [2.45, 2.75) is 57.8 Å². The van der Waals surface area contributed by atoms with E-state index in [4.69, 9.17) is 4.74 Å². The minimum absolute atomic E-state index is 0.179. The third-order valence-electron chi connectivity index (χ3n) is 3.77. The molecule has 4 nitrogen and oxygen atoms in total. The van der Waals surface area contributed by atoms with Crippen molar-refractivity contribution >= 4 is 6.09 Å². The van der Waals surface area contributed by atoms with Crippen LogP contribution in [0.5, 0.6) is 0 Å². The SMILES string of the molecule is CC(C)(C)OC(=O)N1CCCC1CC(O)c1cc(F)cc(F)c1. The fourth-order valence-electron chi connectivity index (χ4n) is 2.80. The van der Waals surface area contributed by atoms with E-state index >= 15 is 0 Å². The van der Waals surface area contributed by atoms with Gasteiger partial charge in [0, 0.05) is 18.7 Å². The Morgan fingerprint density at radius 1 is 1.35 bits per heavy atom. The van der Waals surface area contributed by atoms with Gasteiger partial charge in [-0.1, -0.05) is 0 Å². The quantitative estimate of drug-likeness (QED) is 0.919. The number of rotatable bonds is 3. The number of carbonyl (C=O) groups is 1. The summed E-state index contributed by atoms with van der Waals surface area (Å²) in [7, 11) is 0. The monoisotopic (exact) mass is 327 g/mol. The van der Waals surface area contributed by atoms with Crippen LogP contribution in [0, 0.1) is 11.6 Å². The number of amides is 1. The molecular formula is C17H23F2NO3. The lowest BCUT2D eigenvalue weighted by Crippen LogP contribution is -2.40. The number of aliphatic hydroxyl groups excluding tert-OH is 1. The van der Waals surface area contributed by atoms with Gasteiger partial charge in [-0.2, -0.15) is 0 Å². The third kappa shape index (κ3) is 4.89. The Morgan fingerprint density at radius 3 is 2.52 bits per heavy atom. The van der Waals surface area contributed by atoms with Gasteiger partial charge in [0.25, 0.3) is 0 Å². The Balaban J connectivity index is 2.04. The van der Waals surface area contributed by atoms with Gasteiger partial charge in [-0.25, -0.2) is 13.6 Å². The van der Waals surface area contributed by atoms with Gasteiger partial charge in [0.15, 0.2) is 0 Å². The zero-order valence-corrected chi connectivity index (χ0v) is 13.7. The fourth-order valence-corrected chi connectivity index (χ4v) is 2.80. The van der Waals surface area contributed by atoms with Crippen LogP contribution in [-0.2, 0) is 4.74 Å². The maximum atomic E-state index is 13.3. The summed E-state index contributed by atoms with van der Waals surface area (Å²) in [6.45, 7) is 5.94. The van der Waals surface area contributed by atoms with Crippen LogP contribution in [0.25, 0.3) is 0 Å². The minimum atomic E-state index is -1.03. The van der Waals surface area contributed by atoms with Crippen molar-refractivity contribution in [3.8, 4) is 0 Å². The third-order valence-corrected chi connectivity index (χ3v) is 3.77. The number of hydrogen-bond acceptors (Lipinski definition) is 3. The zero-order valence-electron chi connectivity index (χ0n) is 13.7. The van der Waals surface area contributed by atoms with Crippen LogP contribution >= 0.6 is 0 Å². The lowest BCUT2D eigenvalue weighted by atomic mass is 10.0. The van der Waals surface area contributed by atoms with Crippen LogP contribution < -0.4 is 0 Å². The van der Waals surface area contributed by atoms with E-state index in [-0.39, 0.29) is 18.0 Å². The molecule has 1 aliphatic rings. The van der Waals surface area contributed by atoms with Gasteiger partial charge in [-0.3, -0.25) is 0 Å². The second-order valence-corrected chi connectivity index (χ2v) is 6.92. The average Bonchev–Trinajstić information content (AvgIpc) is 2.83. The van der Waals surface area contributed by atoms with Crippen LogP contribution in [0.1, 0.15) is 51.7 Å². The number of carbonyl (C=O) groups excluding carboxylic acids is 1. The molecule has 1 heterocycles. The summed E-state index contributed by atoms with van der Waals surface area (Å²) in [6, 6.07) is 2.78. The Hall–Kier alpha value is -1.69. The van der Waals surface area contributed by atoms with Gasteiger partial charge in [0.2, 0.25) is 0 Å². The fraction of sp³-hybridized carbons (Fsp3) is 0.588. The first kappa shape index (κ1) is 17.7. The van der Waals surface area contributed by atoms with Crippen LogP contribution in [0.2, 0.25) is 0 Å². The van der Waals surface area contributed by atoms with E-state index < -0.39 is 29.4 Å². The normalized spacial score (nSPS) is 19.7. The van der Waals surface area contributed by atoms with Crippen molar-refractivity contribution in [3.63, 3.8) is 0 Å². The molecule has 1 N–H and O–H groups in total. The molecule has 1 fully saturated rings. The molecule has 0 radical (unpaired) electrons. The second-order valence-electron chi connectivity index (χ2n) is 6.92. The van der Waals surface area contributed by atoms with Crippen LogP contribution in [0.15, 0.2) is 18.2 Å². The average molecular weight is 327 g/mol. The maximum Gasteiger partial charge on any atom is 0.410 e. The Morgan fingerprint density at radius 2 is 1.96 bits per heavy atom. The van der Waals surface area contributed by atoms with Crippen LogP contribution in [-0.4, -0.2) is 34.3 Å². The van der Waals surface area contributed by atoms with E-state index in [2.05, 4.69) is 0 Å². The topological polar surface area (TPSA) is 49.8 Å². The molecule has 23 heavy (non-hydrogen) atoms. The van der Waals surface area contributed by atoms with Crippen molar-refractivity contribution in [1.29, 1.82) is 0 Å². The van der Waals surface area contributed by atoms with Gasteiger partial charge < -0.3 is 14.7 Å². The van der Waals surface area contributed by atoms with Gasteiger partial charge in [0.05, 0.1) is 6.10 Å². The molecular weight excluding hydrogens is 304 g/mol. The highest BCUT2D eigenvalue weighted by atomic mass is 19.1. The molecule has 0 aliphatic carbocycles. The Bertz CT molecular complexity index is 551. The molecule has 1 saturated heterocycles. The number of hydrogen-bond donors (Lipinski definition) is 1. The maximum absolute atomic E-state index is 13.3. The summed E-state index contributed by atoms with van der Waals surface area (Å²) in [5.41, 5.74) is -0.410. The number of likely N-dealkylation sites (tertiary alicyclic amines) is 1. The minimum Gasteiger partial charge on any atom is -0.444 e. The largest absolute Gasteiger partial charge is 0.444 e. The number of halogens is 2. The van der Waals surface area contributed by atoms with Crippen molar-refractivity contribution in [2.75, 3.05) is 6.54 Å². The summed E-state index contributed by atoms with van der Waals surface area (Å²) in [6.07, 6.45) is 0.315. The molecule has 0 saturated carbocycles. The predicted molar refractivity (Wildman–Crippen MR) is 81.9 cm³/mol. The summed E-state index contributed by atoms with van der Waals surface area (Å²) >= 11 is 0. The van der Waals surface area contributed by atoms with E-state index in [0.717, 1.165) is 31.0 Å². The summed E-state index contributed by atoms with van der Waals surface area (Å²) in [5.74, 6) is -1.45. The molecule has 0 bridgehead atoms. The van der Waals surface area contributed by atoms with Crippen LogP contribution in [0.4, 0.5) is 13.6 Å². The highest BCUT2D eigenvalue weighted by molar-refractivity contribution is 5.68. The first-order valence-corrected chi connectivity index (χ1v) is 7.79. The van der Waals surface area contributed by atoms with Crippen LogP contribution in [0.3, 0.4) is 0 Å². The lowest BCUT2D eigenvalue weighted by Gasteiger charge is -2.29. The van der Waals surface area contributed by atoms with E-state index in [1.54, 1.807) is 25.7 Å². The lowest BCUT2D eigenvalue weighted by molar-refractivity contribution is 0.0178. The molecule has 6 heteroatoms. The first-order valence-electron chi connectivity index (χ1n) is 7.79. The zero-order chi connectivity index (χ0) is 17.2. The molecule has 1 aromatic carbocycles. The number of benzene rings is 1. The molecule has 1 aromatic rings. The molecule has 0 spiro atoms. The molecule has 0 aromatic heterocycles. The Labute approximate surface area is 135 Å². The van der Waals surface area contributed by atoms with Crippen molar-refractivity contribution < 1.29 is 23.4 Å². The number of ether oxygens (including phenoxy) is 1. The molecule has 2 atom stereocenters. The van der Waals surface area contributed by atoms with Crippen molar-refractivity contribution in [2.24, 2.45) is 0 Å². The van der Waals surface area contributed by atoms with E-state index in [1.807, 2.05) is 0 Å². The number of nitrogens with zero attached hydrogens (tertiary/aromatic N) is 1. The van der Waals surface area contributed by atoms with E-state index in [9.17, 15) is 18.7 Å². The summed E-state index contributed by atoms with van der Waals surface area (Å²) in [4.78, 5) is 13.8. The second kappa shape index (κ2) is 6.83. The van der Waals surface area contributed by atoms with E-state index in [0.29, 0.717) is 6.54 Å². The Kier molecular flexibility index (Phi) is 5.24. The first-order chi connectivity index (χ1) is 10.7. The van der Waals surface area contributed by atoms with Gasteiger partial charge in [-0.05, 0) is 57.7 Å². The highest BCUT2D eigenvalue weighted by Crippen LogP contribution is 2.29. The standard InChI is InChI=1S/C17H23F2NO3/c1-17(2,3)23-16(22)20-6-4-5-14(20)10-15(21)11-7-12(18)9-13(19)8-11/h7-9,14-15,21H,4-6,10H2,1-3H3. The predicted octanol–water partition coefficient (Wildman–Crippen LogP) is 3.79. The van der Waals surface area contributed by atoms with Gasteiger partial charge in [-0.15, -0.1) is 0 Å². The van der Waals surface area contributed by atoms with Gasteiger partial charge in [0.1, 0.15) is 17.2 Å². The smallest absolute Gasteiger partial charge is 0.410 e. The summed E-state index contributed by atoms with van der Waals surface area (Å²) in [5, 5.41) is 10.2. The highest BCUT2D eigenvalue weighted by Gasteiger charge is 2.33. The van der Waals surface area contributed by atoms with Crippen molar-refractivity contribution in [1.82, 2.24) is 4.90 Å². The van der Waals surface area contributed by atoms with E-state index in [1.165, 1.54) is 0 Å². The summed E-state index contributed by atoms with van der Waals surface area (Å²) < 4.78 is 31.9. The molecule has 2 unspecified atom stereocenters. The molecule has 2 rings (SSSR count). The molecule has 1 amide bonds. The molecule has 128 valence electrons. The van der Waals surface area contributed by atoms with Gasteiger partial charge >= 0.3 is 6.09 Å². The van der Waals surface area contributed by atoms with Crippen molar-refractivity contribution in [3.05, 3.63) is 35.4 Å². The molecule has 1 aliphatic heterocycles. The number of aliphatic hydroxyl groups is 1.